The van der Waals surface area contributed by atoms with Gasteiger partial charge < -0.3 is 15.6 Å². The molecule has 5 nitrogen and oxygen atoms in total. The van der Waals surface area contributed by atoms with Crippen LogP contribution in [0, 0.1) is 6.92 Å². The number of likely N-dealkylation sites (tertiary alicyclic amines) is 1. The molecule has 124 valence electrons. The Kier molecular flexibility index (Phi) is 3.53. The van der Waals surface area contributed by atoms with E-state index in [-0.39, 0.29) is 11.9 Å². The summed E-state index contributed by atoms with van der Waals surface area (Å²) in [4.78, 5) is 22.7. The summed E-state index contributed by atoms with van der Waals surface area (Å²) in [5.41, 5.74) is 11.3. The third-order valence-electron chi connectivity index (χ3n) is 4.81. The first-order valence-electron chi connectivity index (χ1n) is 8.49. The van der Waals surface area contributed by atoms with E-state index in [1.807, 2.05) is 11.0 Å². The largest absolute Gasteiger partial charge is 0.340 e. The Hall–Kier alpha value is -2.40. The molecule has 2 aromatic rings. The van der Waals surface area contributed by atoms with E-state index >= 15 is 0 Å². The Morgan fingerprint density at radius 1 is 1.38 bits per heavy atom. The molecule has 1 saturated heterocycles. The molecule has 24 heavy (non-hydrogen) atoms. The van der Waals surface area contributed by atoms with E-state index in [1.165, 1.54) is 11.1 Å². The number of nitrogens with zero attached hydrogens (tertiary/aromatic N) is 2. The SMILES string of the molecule is Cc1ccc2nc(C3CC4=CCCC=C4N3C(=O)C(C)N)[nH]c2c1. The summed E-state index contributed by atoms with van der Waals surface area (Å²) >= 11 is 0. The normalized spacial score (nSPS) is 21.5. The fourth-order valence-electron chi connectivity index (χ4n) is 3.63. The van der Waals surface area contributed by atoms with Crippen molar-refractivity contribution >= 4 is 16.9 Å². The number of aryl methyl sites for hydroxylation is 1. The zero-order valence-corrected chi connectivity index (χ0v) is 14.0. The summed E-state index contributed by atoms with van der Waals surface area (Å²) in [6, 6.07) is 5.53. The van der Waals surface area contributed by atoms with Crippen molar-refractivity contribution in [2.75, 3.05) is 0 Å². The first-order chi connectivity index (χ1) is 11.5. The van der Waals surface area contributed by atoms with E-state index in [1.54, 1.807) is 6.92 Å². The van der Waals surface area contributed by atoms with Gasteiger partial charge in [-0.2, -0.15) is 0 Å². The van der Waals surface area contributed by atoms with Crippen LogP contribution in [0.1, 0.15) is 43.6 Å². The predicted octanol–water partition coefficient (Wildman–Crippen LogP) is 3.10. The molecule has 1 aromatic carbocycles. The van der Waals surface area contributed by atoms with E-state index in [0.29, 0.717) is 0 Å². The molecular weight excluding hydrogens is 300 g/mol. The summed E-state index contributed by atoms with van der Waals surface area (Å²) < 4.78 is 0. The maximum Gasteiger partial charge on any atom is 0.244 e. The lowest BCUT2D eigenvalue weighted by Gasteiger charge is -2.26. The van der Waals surface area contributed by atoms with Gasteiger partial charge in [0.05, 0.1) is 23.1 Å². The lowest BCUT2D eigenvalue weighted by Crippen LogP contribution is -2.41. The van der Waals surface area contributed by atoms with Crippen LogP contribution < -0.4 is 5.73 Å². The predicted molar refractivity (Wildman–Crippen MR) is 94.1 cm³/mol. The van der Waals surface area contributed by atoms with Crippen LogP contribution in [-0.4, -0.2) is 26.8 Å². The first kappa shape index (κ1) is 15.1. The topological polar surface area (TPSA) is 75.0 Å². The zero-order valence-electron chi connectivity index (χ0n) is 14.0. The average molecular weight is 322 g/mol. The molecule has 2 aliphatic rings. The fraction of sp³-hybridized carbons (Fsp3) is 0.368. The van der Waals surface area contributed by atoms with Crippen LogP contribution in [0.5, 0.6) is 0 Å². The Morgan fingerprint density at radius 3 is 2.96 bits per heavy atom. The number of nitrogens with two attached hydrogens (primary N) is 1. The molecule has 3 N–H and O–H groups in total. The summed E-state index contributed by atoms with van der Waals surface area (Å²) in [5, 5.41) is 0. The van der Waals surface area contributed by atoms with Gasteiger partial charge >= 0.3 is 0 Å². The second-order valence-corrected chi connectivity index (χ2v) is 6.76. The number of hydrogen-bond donors (Lipinski definition) is 2. The number of rotatable bonds is 2. The van der Waals surface area contributed by atoms with Crippen molar-refractivity contribution in [2.45, 2.75) is 45.2 Å². The van der Waals surface area contributed by atoms with Crippen LogP contribution in [0.2, 0.25) is 0 Å². The molecule has 2 unspecified atom stereocenters. The number of imidazole rings is 1. The van der Waals surface area contributed by atoms with Crippen LogP contribution in [0.4, 0.5) is 0 Å². The summed E-state index contributed by atoms with van der Waals surface area (Å²) in [6.07, 6.45) is 7.19. The molecule has 2 heterocycles. The third-order valence-corrected chi connectivity index (χ3v) is 4.81. The molecule has 5 heteroatoms. The Labute approximate surface area is 141 Å². The molecule has 0 saturated carbocycles. The maximum absolute atomic E-state index is 12.7. The fourth-order valence-corrected chi connectivity index (χ4v) is 3.63. The molecule has 1 aliphatic carbocycles. The number of amides is 1. The Morgan fingerprint density at radius 2 is 2.17 bits per heavy atom. The maximum atomic E-state index is 12.7. The Bertz CT molecular complexity index is 875. The number of fused-ring (bicyclic) bond motifs is 2. The van der Waals surface area contributed by atoms with Crippen molar-refractivity contribution in [2.24, 2.45) is 5.73 Å². The van der Waals surface area contributed by atoms with Gasteiger partial charge in [-0.15, -0.1) is 0 Å². The Balaban J connectivity index is 1.80. The van der Waals surface area contributed by atoms with Gasteiger partial charge in [0.25, 0.3) is 0 Å². The molecule has 1 amide bonds. The van der Waals surface area contributed by atoms with Crippen molar-refractivity contribution in [3.63, 3.8) is 0 Å². The van der Waals surface area contributed by atoms with Crippen LogP contribution in [0.3, 0.4) is 0 Å². The standard InChI is InChI=1S/C19H22N4O/c1-11-7-8-14-15(9-11)22-18(21-14)17-10-13-5-3-4-6-16(13)23(17)19(24)12(2)20/h5-9,12,17H,3-4,10,20H2,1-2H3,(H,21,22). The second kappa shape index (κ2) is 5.60. The molecule has 1 fully saturated rings. The minimum absolute atomic E-state index is 0.0480. The molecular formula is C19H22N4O. The highest BCUT2D eigenvalue weighted by atomic mass is 16.2. The smallest absolute Gasteiger partial charge is 0.244 e. The van der Waals surface area contributed by atoms with Gasteiger partial charge in [-0.1, -0.05) is 18.2 Å². The van der Waals surface area contributed by atoms with E-state index in [2.05, 4.69) is 36.2 Å². The van der Waals surface area contributed by atoms with E-state index < -0.39 is 6.04 Å². The van der Waals surface area contributed by atoms with Gasteiger partial charge in [0.2, 0.25) is 5.91 Å². The van der Waals surface area contributed by atoms with E-state index in [9.17, 15) is 4.79 Å². The monoisotopic (exact) mass is 322 g/mol. The van der Waals surface area contributed by atoms with Crippen molar-refractivity contribution in [1.29, 1.82) is 0 Å². The number of benzene rings is 1. The minimum atomic E-state index is -0.527. The van der Waals surface area contributed by atoms with E-state index in [4.69, 9.17) is 10.7 Å². The highest BCUT2D eigenvalue weighted by molar-refractivity contribution is 5.85. The molecule has 0 radical (unpaired) electrons. The van der Waals surface area contributed by atoms with Gasteiger partial charge in [0.1, 0.15) is 5.82 Å². The molecule has 4 rings (SSSR count). The average Bonchev–Trinajstić information content (AvgIpc) is 3.14. The third kappa shape index (κ3) is 2.36. The number of aromatic amines is 1. The number of aromatic nitrogens is 2. The van der Waals surface area contributed by atoms with Crippen LogP contribution in [-0.2, 0) is 4.79 Å². The van der Waals surface area contributed by atoms with Crippen molar-refractivity contribution in [3.05, 3.63) is 53.0 Å². The van der Waals surface area contributed by atoms with Gasteiger partial charge in [0.15, 0.2) is 0 Å². The molecule has 0 bridgehead atoms. The van der Waals surface area contributed by atoms with Crippen LogP contribution in [0.15, 0.2) is 41.6 Å². The van der Waals surface area contributed by atoms with Gasteiger partial charge in [-0.25, -0.2) is 4.98 Å². The quantitative estimate of drug-likeness (QED) is 0.892. The minimum Gasteiger partial charge on any atom is -0.340 e. The number of allylic oxidation sites excluding steroid dienone is 3. The van der Waals surface area contributed by atoms with Crippen LogP contribution in [0.25, 0.3) is 11.0 Å². The molecule has 0 spiro atoms. The highest BCUT2D eigenvalue weighted by Gasteiger charge is 2.40. The number of carbonyl (C=O) groups is 1. The van der Waals surface area contributed by atoms with Crippen LogP contribution >= 0.6 is 0 Å². The molecule has 1 aromatic heterocycles. The summed E-state index contributed by atoms with van der Waals surface area (Å²) in [7, 11) is 0. The molecule has 2 atom stereocenters. The highest BCUT2D eigenvalue weighted by Crippen LogP contribution is 2.43. The van der Waals surface area contributed by atoms with Gasteiger partial charge in [-0.05, 0) is 50.0 Å². The first-order valence-corrected chi connectivity index (χ1v) is 8.49. The van der Waals surface area contributed by atoms with E-state index in [0.717, 1.165) is 41.8 Å². The lowest BCUT2D eigenvalue weighted by molar-refractivity contribution is -0.131. The number of nitrogens with one attached hydrogen (secondary N) is 1. The number of carbonyl (C=O) groups excluding carboxylic acids is 1. The summed E-state index contributed by atoms with van der Waals surface area (Å²) in [5.74, 6) is 0.786. The zero-order chi connectivity index (χ0) is 16.8. The molecule has 1 aliphatic heterocycles. The summed E-state index contributed by atoms with van der Waals surface area (Å²) in [6.45, 7) is 3.80. The van der Waals surface area contributed by atoms with Gasteiger partial charge in [0, 0.05) is 12.1 Å². The van der Waals surface area contributed by atoms with Gasteiger partial charge in [-0.3, -0.25) is 4.79 Å². The van der Waals surface area contributed by atoms with Crippen molar-refractivity contribution < 1.29 is 4.79 Å². The lowest BCUT2D eigenvalue weighted by atomic mass is 10.0. The van der Waals surface area contributed by atoms with Crippen molar-refractivity contribution in [3.8, 4) is 0 Å². The van der Waals surface area contributed by atoms with Crippen molar-refractivity contribution in [1.82, 2.24) is 14.9 Å². The second-order valence-electron chi connectivity index (χ2n) is 6.76. The number of H-pyrrole nitrogens is 1. The number of hydrogen-bond acceptors (Lipinski definition) is 3.